The number of fused-ring (bicyclic) bond motifs is 1. The number of thioether (sulfide) groups is 1. The van der Waals surface area contributed by atoms with Gasteiger partial charge in [0.05, 0.1) is 24.3 Å². The first-order valence-corrected chi connectivity index (χ1v) is 9.74. The predicted octanol–water partition coefficient (Wildman–Crippen LogP) is 2.50. The number of nitrogens with one attached hydrogen (secondary N) is 1. The van der Waals surface area contributed by atoms with Gasteiger partial charge in [0.2, 0.25) is 5.91 Å². The summed E-state index contributed by atoms with van der Waals surface area (Å²) in [5.74, 6) is 1.62. The molecule has 8 nitrogen and oxygen atoms in total. The standard InChI is InChI=1S/C16H16N6O2S2/c1-10-13(22-5-7-25-15(22)18-10)14-19-20-16(21(14)2)26-9-12(23)17-8-11-4-3-6-24-11/h3-7H,8-9H2,1-2H3,(H,17,23). The Labute approximate surface area is 157 Å². The molecule has 4 rings (SSSR count). The van der Waals surface area contributed by atoms with Crippen LogP contribution in [-0.2, 0) is 18.4 Å². The first kappa shape index (κ1) is 16.9. The molecular weight excluding hydrogens is 372 g/mol. The summed E-state index contributed by atoms with van der Waals surface area (Å²) in [6.07, 6.45) is 3.55. The minimum Gasteiger partial charge on any atom is -0.467 e. The van der Waals surface area contributed by atoms with Crippen LogP contribution in [0.4, 0.5) is 0 Å². The third-order valence-electron chi connectivity index (χ3n) is 3.86. The number of amides is 1. The molecule has 0 aliphatic heterocycles. The molecule has 0 bridgehead atoms. The molecule has 0 saturated heterocycles. The number of hydrogen-bond acceptors (Lipinski definition) is 7. The molecule has 1 N–H and O–H groups in total. The number of thiazole rings is 1. The summed E-state index contributed by atoms with van der Waals surface area (Å²) in [4.78, 5) is 17.5. The number of furan rings is 1. The van der Waals surface area contributed by atoms with Crippen LogP contribution in [0.25, 0.3) is 16.5 Å². The second-order valence-corrected chi connectivity index (χ2v) is 7.43. The lowest BCUT2D eigenvalue weighted by molar-refractivity contribution is -0.118. The molecule has 0 unspecified atom stereocenters. The Morgan fingerprint density at radius 1 is 1.42 bits per heavy atom. The second-order valence-electron chi connectivity index (χ2n) is 5.61. The average molecular weight is 388 g/mol. The van der Waals surface area contributed by atoms with Gasteiger partial charge in [-0.1, -0.05) is 11.8 Å². The molecule has 1 amide bonds. The smallest absolute Gasteiger partial charge is 0.230 e. The predicted molar refractivity (Wildman–Crippen MR) is 99.1 cm³/mol. The van der Waals surface area contributed by atoms with E-state index in [1.54, 1.807) is 23.7 Å². The minimum absolute atomic E-state index is 0.0864. The van der Waals surface area contributed by atoms with E-state index in [2.05, 4.69) is 20.5 Å². The number of aryl methyl sites for hydroxylation is 1. The van der Waals surface area contributed by atoms with Gasteiger partial charge in [-0.25, -0.2) is 4.98 Å². The first-order valence-electron chi connectivity index (χ1n) is 7.87. The summed E-state index contributed by atoms with van der Waals surface area (Å²) in [5, 5.41) is 14.0. The minimum atomic E-state index is -0.0864. The quantitative estimate of drug-likeness (QED) is 0.511. The van der Waals surface area contributed by atoms with Crippen LogP contribution >= 0.6 is 23.1 Å². The van der Waals surface area contributed by atoms with Crippen LogP contribution < -0.4 is 5.32 Å². The topological polar surface area (TPSA) is 90.2 Å². The van der Waals surface area contributed by atoms with Crippen LogP contribution in [0.2, 0.25) is 0 Å². The van der Waals surface area contributed by atoms with E-state index in [-0.39, 0.29) is 11.7 Å². The molecule has 26 heavy (non-hydrogen) atoms. The molecule has 4 aromatic rings. The Kier molecular flexibility index (Phi) is 4.51. The lowest BCUT2D eigenvalue weighted by atomic mass is 10.3. The summed E-state index contributed by atoms with van der Waals surface area (Å²) in [6, 6.07) is 3.61. The van der Waals surface area contributed by atoms with E-state index < -0.39 is 0 Å². The van der Waals surface area contributed by atoms with Crippen LogP contribution in [0.1, 0.15) is 11.5 Å². The number of rotatable bonds is 6. The fraction of sp³-hybridized carbons (Fsp3) is 0.250. The number of carbonyl (C=O) groups excluding carboxylic acids is 1. The number of imidazole rings is 1. The molecule has 4 aromatic heterocycles. The van der Waals surface area contributed by atoms with E-state index in [9.17, 15) is 4.79 Å². The first-order chi connectivity index (χ1) is 12.6. The van der Waals surface area contributed by atoms with Gasteiger partial charge in [-0.3, -0.25) is 9.20 Å². The molecule has 0 aliphatic rings. The van der Waals surface area contributed by atoms with E-state index in [0.29, 0.717) is 11.7 Å². The van der Waals surface area contributed by atoms with Crippen LogP contribution in [0.3, 0.4) is 0 Å². The van der Waals surface area contributed by atoms with Gasteiger partial charge in [0.1, 0.15) is 11.5 Å². The lowest BCUT2D eigenvalue weighted by Gasteiger charge is -2.05. The summed E-state index contributed by atoms with van der Waals surface area (Å²) >= 11 is 2.92. The van der Waals surface area contributed by atoms with Crippen molar-refractivity contribution in [2.24, 2.45) is 7.05 Å². The number of hydrogen-bond donors (Lipinski definition) is 1. The van der Waals surface area contributed by atoms with E-state index in [1.807, 2.05) is 40.6 Å². The maximum absolute atomic E-state index is 12.0. The summed E-state index contributed by atoms with van der Waals surface area (Å²) in [6.45, 7) is 2.33. The van der Waals surface area contributed by atoms with Crippen molar-refractivity contribution in [1.82, 2.24) is 29.5 Å². The zero-order valence-electron chi connectivity index (χ0n) is 14.2. The van der Waals surface area contributed by atoms with E-state index >= 15 is 0 Å². The highest BCUT2D eigenvalue weighted by molar-refractivity contribution is 7.99. The van der Waals surface area contributed by atoms with Crippen molar-refractivity contribution in [2.45, 2.75) is 18.6 Å². The molecular formula is C16H16N6O2S2. The van der Waals surface area contributed by atoms with Crippen molar-refractivity contribution < 1.29 is 9.21 Å². The Morgan fingerprint density at radius 3 is 3.12 bits per heavy atom. The molecule has 134 valence electrons. The van der Waals surface area contributed by atoms with Crippen molar-refractivity contribution in [3.63, 3.8) is 0 Å². The van der Waals surface area contributed by atoms with Gasteiger partial charge in [-0.05, 0) is 19.1 Å². The Morgan fingerprint density at radius 2 is 2.31 bits per heavy atom. The zero-order chi connectivity index (χ0) is 18.1. The van der Waals surface area contributed by atoms with Crippen molar-refractivity contribution in [3.8, 4) is 11.5 Å². The molecule has 0 aliphatic carbocycles. The Bertz CT molecular complexity index is 1050. The summed E-state index contributed by atoms with van der Waals surface area (Å²) in [5.41, 5.74) is 1.82. The number of carbonyl (C=O) groups is 1. The molecule has 4 heterocycles. The fourth-order valence-electron chi connectivity index (χ4n) is 2.59. The Hall–Kier alpha value is -2.59. The SMILES string of the molecule is Cc1nc2sccn2c1-c1nnc(SCC(=O)NCc2ccco2)n1C. The number of nitrogens with zero attached hydrogens (tertiary/aromatic N) is 5. The maximum Gasteiger partial charge on any atom is 0.230 e. The monoisotopic (exact) mass is 388 g/mol. The van der Waals surface area contributed by atoms with E-state index in [4.69, 9.17) is 4.42 Å². The molecule has 10 heteroatoms. The van der Waals surface area contributed by atoms with Crippen LogP contribution in [0, 0.1) is 6.92 Å². The zero-order valence-corrected chi connectivity index (χ0v) is 15.8. The van der Waals surface area contributed by atoms with Crippen LogP contribution in [0.15, 0.2) is 39.5 Å². The third-order valence-corrected chi connectivity index (χ3v) is 5.63. The van der Waals surface area contributed by atoms with Gasteiger partial charge < -0.3 is 14.3 Å². The largest absolute Gasteiger partial charge is 0.467 e. The van der Waals surface area contributed by atoms with Crippen LogP contribution in [0.5, 0.6) is 0 Å². The van der Waals surface area contributed by atoms with Crippen molar-refractivity contribution >= 4 is 34.0 Å². The Balaban J connectivity index is 1.45. The molecule has 0 saturated carbocycles. The third kappa shape index (κ3) is 3.13. The highest BCUT2D eigenvalue weighted by Gasteiger charge is 2.19. The van der Waals surface area contributed by atoms with Crippen molar-refractivity contribution in [1.29, 1.82) is 0 Å². The van der Waals surface area contributed by atoms with Gasteiger partial charge in [0.15, 0.2) is 15.9 Å². The normalized spacial score (nSPS) is 11.3. The van der Waals surface area contributed by atoms with Gasteiger partial charge in [-0.2, -0.15) is 0 Å². The molecule has 0 atom stereocenters. The fourth-order valence-corrected chi connectivity index (χ4v) is 4.09. The van der Waals surface area contributed by atoms with E-state index in [0.717, 1.165) is 27.9 Å². The maximum atomic E-state index is 12.0. The lowest BCUT2D eigenvalue weighted by Crippen LogP contribution is -2.24. The summed E-state index contributed by atoms with van der Waals surface area (Å²) in [7, 11) is 1.89. The number of aromatic nitrogens is 5. The second kappa shape index (κ2) is 6.96. The molecule has 0 radical (unpaired) electrons. The highest BCUT2D eigenvalue weighted by atomic mass is 32.2. The summed E-state index contributed by atoms with van der Waals surface area (Å²) < 4.78 is 9.09. The van der Waals surface area contributed by atoms with Gasteiger partial charge in [-0.15, -0.1) is 21.5 Å². The molecule has 0 fully saturated rings. The van der Waals surface area contributed by atoms with Crippen LogP contribution in [-0.4, -0.2) is 35.8 Å². The molecule has 0 aromatic carbocycles. The average Bonchev–Trinajstić information content (AvgIpc) is 3.38. The van der Waals surface area contributed by atoms with Gasteiger partial charge >= 0.3 is 0 Å². The van der Waals surface area contributed by atoms with Crippen molar-refractivity contribution in [2.75, 3.05) is 5.75 Å². The molecule has 0 spiro atoms. The van der Waals surface area contributed by atoms with Gasteiger partial charge in [0.25, 0.3) is 0 Å². The van der Waals surface area contributed by atoms with Crippen molar-refractivity contribution in [3.05, 3.63) is 41.4 Å². The van der Waals surface area contributed by atoms with E-state index in [1.165, 1.54) is 11.8 Å². The highest BCUT2D eigenvalue weighted by Crippen LogP contribution is 2.27. The van der Waals surface area contributed by atoms with Gasteiger partial charge in [0, 0.05) is 18.6 Å².